The van der Waals surface area contributed by atoms with Crippen LogP contribution in [0.1, 0.15) is 32.8 Å². The van der Waals surface area contributed by atoms with Gasteiger partial charge in [0.25, 0.3) is 0 Å². The molecule has 1 aromatic rings. The molecular formula is C14H21ClFNO. The molecule has 4 heteroatoms. The standard InChI is InChI=1S/C14H21ClFNO/c1-10(2)17-8-7-14(3,18)9-11-12(15)5-4-6-13(11)16/h4-6,10,17-18H,7-9H2,1-3H3. The van der Waals surface area contributed by atoms with Gasteiger partial charge in [-0.3, -0.25) is 0 Å². The Balaban J connectivity index is 2.64. The minimum Gasteiger partial charge on any atom is -0.390 e. The second kappa shape index (κ2) is 6.50. The highest BCUT2D eigenvalue weighted by Gasteiger charge is 2.23. The van der Waals surface area contributed by atoms with Gasteiger partial charge in [0.15, 0.2) is 0 Å². The molecule has 0 amide bonds. The second-order valence-electron chi connectivity index (χ2n) is 5.23. The van der Waals surface area contributed by atoms with Crippen LogP contribution in [0.25, 0.3) is 0 Å². The van der Waals surface area contributed by atoms with Crippen LogP contribution in [0.5, 0.6) is 0 Å². The van der Waals surface area contributed by atoms with Crippen molar-refractivity contribution < 1.29 is 9.50 Å². The van der Waals surface area contributed by atoms with E-state index < -0.39 is 5.60 Å². The molecule has 1 unspecified atom stereocenters. The largest absolute Gasteiger partial charge is 0.390 e. The molecule has 1 aromatic carbocycles. The Hall–Kier alpha value is -0.640. The molecule has 0 aliphatic rings. The van der Waals surface area contributed by atoms with Crippen LogP contribution in [0.3, 0.4) is 0 Å². The maximum atomic E-state index is 13.6. The molecule has 0 spiro atoms. The van der Waals surface area contributed by atoms with Crippen LogP contribution in [0.4, 0.5) is 4.39 Å². The van der Waals surface area contributed by atoms with E-state index in [9.17, 15) is 9.50 Å². The molecule has 0 aliphatic heterocycles. The van der Waals surface area contributed by atoms with E-state index in [1.807, 2.05) is 13.8 Å². The van der Waals surface area contributed by atoms with E-state index in [4.69, 9.17) is 11.6 Å². The summed E-state index contributed by atoms with van der Waals surface area (Å²) >= 11 is 5.95. The second-order valence-corrected chi connectivity index (χ2v) is 5.64. The quantitative estimate of drug-likeness (QED) is 0.834. The van der Waals surface area contributed by atoms with Crippen LogP contribution >= 0.6 is 11.6 Å². The third-order valence-corrected chi connectivity index (χ3v) is 3.19. The number of aliphatic hydroxyl groups is 1. The first-order valence-electron chi connectivity index (χ1n) is 6.20. The van der Waals surface area contributed by atoms with Crippen molar-refractivity contribution in [1.29, 1.82) is 0 Å². The first kappa shape index (κ1) is 15.4. The molecule has 2 N–H and O–H groups in total. The lowest BCUT2D eigenvalue weighted by Crippen LogP contribution is -2.34. The van der Waals surface area contributed by atoms with Gasteiger partial charge in [0.05, 0.1) is 5.60 Å². The Kier molecular flexibility index (Phi) is 5.57. The summed E-state index contributed by atoms with van der Waals surface area (Å²) < 4.78 is 13.6. The highest BCUT2D eigenvalue weighted by molar-refractivity contribution is 6.31. The Morgan fingerprint density at radius 3 is 2.67 bits per heavy atom. The molecule has 2 nitrogen and oxygen atoms in total. The van der Waals surface area contributed by atoms with E-state index in [2.05, 4.69) is 5.32 Å². The van der Waals surface area contributed by atoms with Crippen molar-refractivity contribution >= 4 is 11.6 Å². The molecule has 102 valence electrons. The van der Waals surface area contributed by atoms with Crippen molar-refractivity contribution in [2.24, 2.45) is 0 Å². The average molecular weight is 274 g/mol. The van der Waals surface area contributed by atoms with Crippen molar-refractivity contribution in [2.45, 2.75) is 45.3 Å². The lowest BCUT2D eigenvalue weighted by molar-refractivity contribution is 0.0502. The molecule has 0 heterocycles. The van der Waals surface area contributed by atoms with Gasteiger partial charge in [-0.1, -0.05) is 31.5 Å². The van der Waals surface area contributed by atoms with Crippen LogP contribution < -0.4 is 5.32 Å². The summed E-state index contributed by atoms with van der Waals surface area (Å²) in [5, 5.41) is 13.9. The highest BCUT2D eigenvalue weighted by atomic mass is 35.5. The number of rotatable bonds is 6. The van der Waals surface area contributed by atoms with E-state index in [-0.39, 0.29) is 12.2 Å². The normalized spacial score (nSPS) is 14.8. The zero-order chi connectivity index (χ0) is 13.8. The van der Waals surface area contributed by atoms with Crippen LogP contribution in [-0.2, 0) is 6.42 Å². The molecule has 0 bridgehead atoms. The van der Waals surface area contributed by atoms with Crippen LogP contribution in [-0.4, -0.2) is 23.3 Å². The van der Waals surface area contributed by atoms with E-state index in [1.165, 1.54) is 6.07 Å². The fraction of sp³-hybridized carbons (Fsp3) is 0.571. The van der Waals surface area contributed by atoms with Crippen molar-refractivity contribution in [1.82, 2.24) is 5.32 Å². The smallest absolute Gasteiger partial charge is 0.127 e. The van der Waals surface area contributed by atoms with Gasteiger partial charge in [0, 0.05) is 23.0 Å². The predicted molar refractivity (Wildman–Crippen MR) is 73.5 cm³/mol. The lowest BCUT2D eigenvalue weighted by Gasteiger charge is -2.25. The van der Waals surface area contributed by atoms with Gasteiger partial charge >= 0.3 is 0 Å². The van der Waals surface area contributed by atoms with Crippen molar-refractivity contribution in [3.8, 4) is 0 Å². The molecule has 0 aliphatic carbocycles. The zero-order valence-electron chi connectivity index (χ0n) is 11.1. The van der Waals surface area contributed by atoms with Crippen LogP contribution in [0.2, 0.25) is 5.02 Å². The molecular weight excluding hydrogens is 253 g/mol. The monoisotopic (exact) mass is 273 g/mol. The summed E-state index contributed by atoms with van der Waals surface area (Å²) in [6.07, 6.45) is 0.772. The van der Waals surface area contributed by atoms with Crippen molar-refractivity contribution in [3.05, 3.63) is 34.6 Å². The minimum absolute atomic E-state index is 0.221. The van der Waals surface area contributed by atoms with Crippen LogP contribution in [0.15, 0.2) is 18.2 Å². The molecule has 18 heavy (non-hydrogen) atoms. The summed E-state index contributed by atoms with van der Waals surface area (Å²) in [5.41, 5.74) is -0.581. The van der Waals surface area contributed by atoms with Crippen molar-refractivity contribution in [3.63, 3.8) is 0 Å². The summed E-state index contributed by atoms with van der Waals surface area (Å²) in [7, 11) is 0. The van der Waals surface area contributed by atoms with E-state index in [0.29, 0.717) is 29.6 Å². The Morgan fingerprint density at radius 1 is 1.44 bits per heavy atom. The maximum Gasteiger partial charge on any atom is 0.127 e. The summed E-state index contributed by atoms with van der Waals surface area (Å²) in [4.78, 5) is 0. The zero-order valence-corrected chi connectivity index (χ0v) is 11.9. The molecule has 0 fully saturated rings. The number of hydrogen-bond donors (Lipinski definition) is 2. The molecule has 0 aromatic heterocycles. The van der Waals surface area contributed by atoms with Gasteiger partial charge in [0.2, 0.25) is 0 Å². The SMILES string of the molecule is CC(C)NCCC(C)(O)Cc1c(F)cccc1Cl. The fourth-order valence-electron chi connectivity index (χ4n) is 1.80. The number of benzene rings is 1. The molecule has 1 rings (SSSR count). The third-order valence-electron chi connectivity index (χ3n) is 2.84. The topological polar surface area (TPSA) is 32.3 Å². The highest BCUT2D eigenvalue weighted by Crippen LogP contribution is 2.25. The fourth-order valence-corrected chi connectivity index (χ4v) is 2.03. The van der Waals surface area contributed by atoms with Gasteiger partial charge in [-0.2, -0.15) is 0 Å². The summed E-state index contributed by atoms with van der Waals surface area (Å²) in [6, 6.07) is 4.94. The van der Waals surface area contributed by atoms with Gasteiger partial charge in [0.1, 0.15) is 5.82 Å². The number of halogens is 2. The van der Waals surface area contributed by atoms with Gasteiger partial charge in [-0.25, -0.2) is 4.39 Å². The predicted octanol–water partition coefficient (Wildman–Crippen LogP) is 3.16. The maximum absolute atomic E-state index is 13.6. The number of nitrogens with one attached hydrogen (secondary N) is 1. The number of hydrogen-bond acceptors (Lipinski definition) is 2. The average Bonchev–Trinajstić information content (AvgIpc) is 2.23. The molecule has 0 radical (unpaired) electrons. The summed E-state index contributed by atoms with van der Waals surface area (Å²) in [5.74, 6) is -0.361. The Morgan fingerprint density at radius 2 is 2.11 bits per heavy atom. The van der Waals surface area contributed by atoms with Crippen LogP contribution in [0, 0.1) is 5.82 Å². The molecule has 0 saturated carbocycles. The Labute approximate surface area is 113 Å². The van der Waals surface area contributed by atoms with Gasteiger partial charge < -0.3 is 10.4 Å². The van der Waals surface area contributed by atoms with E-state index >= 15 is 0 Å². The van der Waals surface area contributed by atoms with Gasteiger partial charge in [-0.15, -0.1) is 0 Å². The van der Waals surface area contributed by atoms with E-state index in [1.54, 1.807) is 19.1 Å². The first-order chi connectivity index (χ1) is 8.32. The van der Waals surface area contributed by atoms with E-state index in [0.717, 1.165) is 0 Å². The first-order valence-corrected chi connectivity index (χ1v) is 6.58. The Bertz CT molecular complexity index is 373. The minimum atomic E-state index is -0.965. The molecule has 1 atom stereocenters. The summed E-state index contributed by atoms with van der Waals surface area (Å²) in [6.45, 7) is 6.49. The molecule has 0 saturated heterocycles. The van der Waals surface area contributed by atoms with Gasteiger partial charge in [-0.05, 0) is 32.0 Å². The van der Waals surface area contributed by atoms with Crippen molar-refractivity contribution in [2.75, 3.05) is 6.54 Å². The third kappa shape index (κ3) is 4.92. The lowest BCUT2D eigenvalue weighted by atomic mass is 9.93.